The van der Waals surface area contributed by atoms with Gasteiger partial charge in [-0.3, -0.25) is 10.1 Å². The number of rotatable bonds is 5. The summed E-state index contributed by atoms with van der Waals surface area (Å²) in [6.45, 7) is 1.98. The first-order valence-corrected chi connectivity index (χ1v) is 9.61. The maximum absolute atomic E-state index is 12.2. The Kier molecular flexibility index (Phi) is 5.55. The van der Waals surface area contributed by atoms with Crippen LogP contribution in [0.15, 0.2) is 42.5 Å². The van der Waals surface area contributed by atoms with Gasteiger partial charge in [0, 0.05) is 23.2 Å². The van der Waals surface area contributed by atoms with E-state index in [9.17, 15) is 14.9 Å². The SMILES string of the molecule is O=C(OCC1CC(N2CCOc3cc(Cl)ccc32)CO1)c1ccc([N+](=O)[O-])cc1. The molecule has 2 aliphatic heterocycles. The molecule has 2 aromatic carbocycles. The zero-order valence-corrected chi connectivity index (χ0v) is 16.2. The molecule has 0 spiro atoms. The molecule has 0 N–H and O–H groups in total. The first kappa shape index (κ1) is 19.5. The highest BCUT2D eigenvalue weighted by atomic mass is 35.5. The van der Waals surface area contributed by atoms with Gasteiger partial charge >= 0.3 is 5.97 Å². The molecule has 0 amide bonds. The number of carbonyl (C=O) groups excluding carboxylic acids is 1. The smallest absolute Gasteiger partial charge is 0.338 e. The molecule has 4 rings (SSSR count). The Morgan fingerprint density at radius 3 is 2.83 bits per heavy atom. The van der Waals surface area contributed by atoms with Crippen molar-refractivity contribution in [3.63, 3.8) is 0 Å². The van der Waals surface area contributed by atoms with Crippen LogP contribution in [0.2, 0.25) is 5.02 Å². The van der Waals surface area contributed by atoms with Crippen molar-refractivity contribution in [2.75, 3.05) is 31.3 Å². The summed E-state index contributed by atoms with van der Waals surface area (Å²) in [7, 11) is 0. The van der Waals surface area contributed by atoms with Gasteiger partial charge in [-0.25, -0.2) is 4.79 Å². The van der Waals surface area contributed by atoms with Crippen LogP contribution in [0.5, 0.6) is 5.75 Å². The standard InChI is InChI=1S/C20H19ClN2O6/c21-14-3-6-18-19(9-14)27-8-7-22(18)16-10-17(28-11-16)12-29-20(24)13-1-4-15(5-2-13)23(25)26/h1-6,9,16-17H,7-8,10-12H2. The quantitative estimate of drug-likeness (QED) is 0.417. The molecule has 1 saturated heterocycles. The van der Waals surface area contributed by atoms with E-state index >= 15 is 0 Å². The van der Waals surface area contributed by atoms with Crippen LogP contribution in [0.1, 0.15) is 16.8 Å². The fourth-order valence-corrected chi connectivity index (χ4v) is 3.75. The molecule has 0 saturated carbocycles. The van der Waals surface area contributed by atoms with Crippen molar-refractivity contribution in [2.45, 2.75) is 18.6 Å². The predicted octanol–water partition coefficient (Wildman–Crippen LogP) is 3.46. The molecule has 9 heteroatoms. The molecular weight excluding hydrogens is 400 g/mol. The van der Waals surface area contributed by atoms with Gasteiger partial charge in [-0.05, 0) is 30.7 Å². The Hall–Kier alpha value is -2.84. The fourth-order valence-electron chi connectivity index (χ4n) is 3.59. The number of carbonyl (C=O) groups is 1. The molecule has 1 fully saturated rings. The van der Waals surface area contributed by atoms with Crippen LogP contribution in [0.3, 0.4) is 0 Å². The van der Waals surface area contributed by atoms with Crippen molar-refractivity contribution in [3.05, 3.63) is 63.2 Å². The van der Waals surface area contributed by atoms with E-state index in [1.807, 2.05) is 18.2 Å². The number of nitrogens with zero attached hydrogens (tertiary/aromatic N) is 2. The third-order valence-electron chi connectivity index (χ3n) is 5.04. The van der Waals surface area contributed by atoms with Crippen molar-refractivity contribution < 1.29 is 23.9 Å². The summed E-state index contributed by atoms with van der Waals surface area (Å²) in [4.78, 5) is 24.6. The van der Waals surface area contributed by atoms with Gasteiger partial charge in [0.15, 0.2) is 0 Å². The molecule has 0 aromatic heterocycles. The number of esters is 1. The molecule has 0 bridgehead atoms. The number of anilines is 1. The molecule has 2 atom stereocenters. The maximum atomic E-state index is 12.2. The number of hydrogen-bond donors (Lipinski definition) is 0. The summed E-state index contributed by atoms with van der Waals surface area (Å²) in [5.41, 5.74) is 1.18. The number of benzene rings is 2. The van der Waals surface area contributed by atoms with E-state index in [2.05, 4.69) is 4.90 Å². The summed E-state index contributed by atoms with van der Waals surface area (Å²) in [5, 5.41) is 11.3. The van der Waals surface area contributed by atoms with Crippen LogP contribution in [-0.2, 0) is 9.47 Å². The van der Waals surface area contributed by atoms with Crippen molar-refractivity contribution in [1.29, 1.82) is 0 Å². The molecule has 0 aliphatic carbocycles. The van der Waals surface area contributed by atoms with E-state index in [1.54, 1.807) is 0 Å². The van der Waals surface area contributed by atoms with Crippen LogP contribution >= 0.6 is 11.6 Å². The van der Waals surface area contributed by atoms with Crippen molar-refractivity contribution in [1.82, 2.24) is 0 Å². The van der Waals surface area contributed by atoms with Crippen LogP contribution in [-0.4, -0.2) is 49.4 Å². The van der Waals surface area contributed by atoms with E-state index in [-0.39, 0.29) is 30.0 Å². The van der Waals surface area contributed by atoms with E-state index in [4.69, 9.17) is 25.8 Å². The highest BCUT2D eigenvalue weighted by Crippen LogP contribution is 2.37. The lowest BCUT2D eigenvalue weighted by Crippen LogP contribution is -2.41. The Morgan fingerprint density at radius 2 is 2.07 bits per heavy atom. The highest BCUT2D eigenvalue weighted by Gasteiger charge is 2.33. The summed E-state index contributed by atoms with van der Waals surface area (Å²) in [6, 6.07) is 11.1. The minimum Gasteiger partial charge on any atom is -0.490 e. The molecule has 2 unspecified atom stereocenters. The van der Waals surface area contributed by atoms with E-state index in [1.165, 1.54) is 24.3 Å². The zero-order valence-electron chi connectivity index (χ0n) is 15.5. The average Bonchev–Trinajstić information content (AvgIpc) is 3.20. The van der Waals surface area contributed by atoms with Gasteiger partial charge in [-0.2, -0.15) is 0 Å². The van der Waals surface area contributed by atoms with E-state index in [0.717, 1.165) is 24.4 Å². The van der Waals surface area contributed by atoms with Gasteiger partial charge in [-0.15, -0.1) is 0 Å². The number of halogens is 1. The summed E-state index contributed by atoms with van der Waals surface area (Å²) in [5.74, 6) is 0.232. The summed E-state index contributed by atoms with van der Waals surface area (Å²) >= 11 is 6.05. The van der Waals surface area contributed by atoms with Crippen molar-refractivity contribution >= 4 is 28.9 Å². The molecular formula is C20H19ClN2O6. The van der Waals surface area contributed by atoms with Crippen molar-refractivity contribution in [2.24, 2.45) is 0 Å². The number of hydrogen-bond acceptors (Lipinski definition) is 7. The van der Waals surface area contributed by atoms with Crippen LogP contribution in [0, 0.1) is 10.1 Å². The largest absolute Gasteiger partial charge is 0.490 e. The Morgan fingerprint density at radius 1 is 1.28 bits per heavy atom. The average molecular weight is 419 g/mol. The molecule has 0 radical (unpaired) electrons. The molecule has 29 heavy (non-hydrogen) atoms. The lowest BCUT2D eigenvalue weighted by molar-refractivity contribution is -0.384. The third-order valence-corrected chi connectivity index (χ3v) is 5.27. The monoisotopic (exact) mass is 418 g/mol. The Bertz CT molecular complexity index is 920. The highest BCUT2D eigenvalue weighted by molar-refractivity contribution is 6.30. The molecule has 8 nitrogen and oxygen atoms in total. The number of fused-ring (bicyclic) bond motifs is 1. The molecule has 2 aliphatic rings. The number of non-ortho nitro benzene ring substituents is 1. The van der Waals surface area contributed by atoms with Crippen LogP contribution in [0.25, 0.3) is 0 Å². The lowest BCUT2D eigenvalue weighted by Gasteiger charge is -2.35. The summed E-state index contributed by atoms with van der Waals surface area (Å²) in [6.07, 6.45) is 0.510. The lowest BCUT2D eigenvalue weighted by atomic mass is 10.1. The fraction of sp³-hybridized carbons (Fsp3) is 0.350. The second-order valence-electron chi connectivity index (χ2n) is 6.90. The van der Waals surface area contributed by atoms with Gasteiger partial charge in [0.25, 0.3) is 5.69 Å². The van der Waals surface area contributed by atoms with Gasteiger partial charge < -0.3 is 19.1 Å². The van der Waals surface area contributed by atoms with Gasteiger partial charge in [0.1, 0.15) is 19.0 Å². The molecule has 2 aromatic rings. The summed E-state index contributed by atoms with van der Waals surface area (Å²) < 4.78 is 16.9. The second-order valence-corrected chi connectivity index (χ2v) is 7.34. The van der Waals surface area contributed by atoms with Crippen LogP contribution in [0.4, 0.5) is 11.4 Å². The third kappa shape index (κ3) is 4.28. The van der Waals surface area contributed by atoms with Crippen molar-refractivity contribution in [3.8, 4) is 5.75 Å². The predicted molar refractivity (Wildman–Crippen MR) is 106 cm³/mol. The zero-order chi connectivity index (χ0) is 20.4. The van der Waals surface area contributed by atoms with E-state index < -0.39 is 10.9 Å². The number of nitro benzene ring substituents is 1. The van der Waals surface area contributed by atoms with Gasteiger partial charge in [-0.1, -0.05) is 11.6 Å². The minimum atomic E-state index is -0.529. The van der Waals surface area contributed by atoms with Gasteiger partial charge in [0.05, 0.1) is 41.5 Å². The minimum absolute atomic E-state index is 0.0735. The van der Waals surface area contributed by atoms with Crippen LogP contribution < -0.4 is 9.64 Å². The normalized spacial score (nSPS) is 20.7. The molecule has 2 heterocycles. The first-order chi connectivity index (χ1) is 14.0. The number of ether oxygens (including phenoxy) is 3. The maximum Gasteiger partial charge on any atom is 0.338 e. The molecule has 152 valence electrons. The Labute approximate surface area is 172 Å². The van der Waals surface area contributed by atoms with E-state index in [0.29, 0.717) is 18.2 Å². The van der Waals surface area contributed by atoms with Gasteiger partial charge in [0.2, 0.25) is 0 Å². The first-order valence-electron chi connectivity index (χ1n) is 9.23. The number of nitro groups is 1. The topological polar surface area (TPSA) is 91.1 Å². The second kappa shape index (κ2) is 8.26. The Balaban J connectivity index is 1.33.